The standard InChI is InChI=1S/C7H11ClN4/c1-3-10-7-5(9)6(8)11-4(2)12-7/h3,9H2,1-2H3,(H,10,11,12). The van der Waals surface area contributed by atoms with Crippen molar-refractivity contribution >= 4 is 23.1 Å². The normalized spacial score (nSPS) is 9.92. The molecule has 0 saturated heterocycles. The van der Waals surface area contributed by atoms with Crippen LogP contribution in [0, 0.1) is 6.92 Å². The Morgan fingerprint density at radius 1 is 1.50 bits per heavy atom. The van der Waals surface area contributed by atoms with Crippen molar-refractivity contribution in [3.05, 3.63) is 11.0 Å². The van der Waals surface area contributed by atoms with Gasteiger partial charge in [-0.2, -0.15) is 0 Å². The third-order valence-electron chi connectivity index (χ3n) is 1.36. The number of nitrogens with one attached hydrogen (secondary N) is 1. The Morgan fingerprint density at radius 2 is 2.17 bits per heavy atom. The van der Waals surface area contributed by atoms with E-state index in [0.717, 1.165) is 6.54 Å². The van der Waals surface area contributed by atoms with Crippen molar-refractivity contribution < 1.29 is 0 Å². The van der Waals surface area contributed by atoms with Crippen LogP contribution in [0.5, 0.6) is 0 Å². The van der Waals surface area contributed by atoms with Gasteiger partial charge in [-0.15, -0.1) is 0 Å². The number of nitrogens with two attached hydrogens (primary N) is 1. The number of aromatic nitrogens is 2. The van der Waals surface area contributed by atoms with Crippen LogP contribution in [-0.4, -0.2) is 16.5 Å². The van der Waals surface area contributed by atoms with Gasteiger partial charge in [-0.05, 0) is 13.8 Å². The van der Waals surface area contributed by atoms with Crippen LogP contribution in [0.25, 0.3) is 0 Å². The second-order valence-electron chi connectivity index (χ2n) is 2.35. The van der Waals surface area contributed by atoms with Crippen LogP contribution in [0.15, 0.2) is 0 Å². The second-order valence-corrected chi connectivity index (χ2v) is 2.71. The molecule has 3 N–H and O–H groups in total. The smallest absolute Gasteiger partial charge is 0.157 e. The fourth-order valence-corrected chi connectivity index (χ4v) is 1.06. The van der Waals surface area contributed by atoms with Crippen molar-refractivity contribution in [2.45, 2.75) is 13.8 Å². The summed E-state index contributed by atoms with van der Waals surface area (Å²) in [5.41, 5.74) is 6.02. The topological polar surface area (TPSA) is 63.8 Å². The van der Waals surface area contributed by atoms with Crippen LogP contribution in [-0.2, 0) is 0 Å². The lowest BCUT2D eigenvalue weighted by Gasteiger charge is -2.07. The molecule has 66 valence electrons. The van der Waals surface area contributed by atoms with E-state index in [2.05, 4.69) is 15.3 Å². The van der Waals surface area contributed by atoms with E-state index in [0.29, 0.717) is 22.5 Å². The zero-order valence-corrected chi connectivity index (χ0v) is 7.81. The first kappa shape index (κ1) is 9.06. The highest BCUT2D eigenvalue weighted by atomic mass is 35.5. The molecular formula is C7H11ClN4. The van der Waals surface area contributed by atoms with E-state index in [1.807, 2.05) is 6.92 Å². The lowest BCUT2D eigenvalue weighted by molar-refractivity contribution is 1.04. The molecule has 0 spiro atoms. The van der Waals surface area contributed by atoms with Gasteiger partial charge in [0.05, 0.1) is 0 Å². The van der Waals surface area contributed by atoms with E-state index in [-0.39, 0.29) is 0 Å². The first-order chi connectivity index (χ1) is 5.65. The second kappa shape index (κ2) is 3.58. The molecule has 12 heavy (non-hydrogen) atoms. The van der Waals surface area contributed by atoms with E-state index in [1.54, 1.807) is 6.92 Å². The monoisotopic (exact) mass is 186 g/mol. The predicted molar refractivity (Wildman–Crippen MR) is 50.4 cm³/mol. The number of halogens is 1. The molecule has 0 aliphatic rings. The average Bonchev–Trinajstić information content (AvgIpc) is 2.00. The van der Waals surface area contributed by atoms with Crippen LogP contribution >= 0.6 is 11.6 Å². The van der Waals surface area contributed by atoms with Gasteiger partial charge in [-0.1, -0.05) is 11.6 Å². The minimum Gasteiger partial charge on any atom is -0.393 e. The van der Waals surface area contributed by atoms with Crippen LogP contribution in [0.2, 0.25) is 5.15 Å². The first-order valence-electron chi connectivity index (χ1n) is 3.68. The molecular weight excluding hydrogens is 176 g/mol. The van der Waals surface area contributed by atoms with E-state index < -0.39 is 0 Å². The van der Waals surface area contributed by atoms with Crippen LogP contribution in [0.1, 0.15) is 12.7 Å². The zero-order chi connectivity index (χ0) is 9.14. The molecule has 0 unspecified atom stereocenters. The molecule has 1 heterocycles. The van der Waals surface area contributed by atoms with Gasteiger partial charge in [0.25, 0.3) is 0 Å². The highest BCUT2D eigenvalue weighted by Gasteiger charge is 2.06. The fourth-order valence-electron chi connectivity index (χ4n) is 0.849. The van der Waals surface area contributed by atoms with Crippen LogP contribution < -0.4 is 11.1 Å². The Hall–Kier alpha value is -1.03. The summed E-state index contributed by atoms with van der Waals surface area (Å²) in [7, 11) is 0. The van der Waals surface area contributed by atoms with E-state index in [1.165, 1.54) is 0 Å². The lowest BCUT2D eigenvalue weighted by atomic mass is 10.4. The molecule has 4 nitrogen and oxygen atoms in total. The maximum Gasteiger partial charge on any atom is 0.157 e. The summed E-state index contributed by atoms with van der Waals surface area (Å²) in [6.07, 6.45) is 0. The molecule has 0 amide bonds. The number of nitrogen functional groups attached to an aromatic ring is 1. The minimum absolute atomic E-state index is 0.304. The maximum atomic E-state index is 5.74. The van der Waals surface area contributed by atoms with Gasteiger partial charge in [0.15, 0.2) is 11.0 Å². The molecule has 0 fully saturated rings. The van der Waals surface area contributed by atoms with Gasteiger partial charge in [-0.3, -0.25) is 0 Å². The van der Waals surface area contributed by atoms with Gasteiger partial charge < -0.3 is 11.1 Å². The first-order valence-corrected chi connectivity index (χ1v) is 4.06. The number of hydrogen-bond donors (Lipinski definition) is 2. The van der Waals surface area contributed by atoms with Crippen LogP contribution in [0.3, 0.4) is 0 Å². The molecule has 0 aliphatic heterocycles. The van der Waals surface area contributed by atoms with Crippen molar-refractivity contribution in [3.8, 4) is 0 Å². The van der Waals surface area contributed by atoms with Crippen LogP contribution in [0.4, 0.5) is 11.5 Å². The Labute approximate surface area is 76.2 Å². The number of aryl methyl sites for hydroxylation is 1. The number of nitrogens with zero attached hydrogens (tertiary/aromatic N) is 2. The van der Waals surface area contributed by atoms with Gasteiger partial charge >= 0.3 is 0 Å². The molecule has 0 aromatic carbocycles. The maximum absolute atomic E-state index is 5.74. The molecule has 0 saturated carbocycles. The Bertz CT molecular complexity index is 287. The van der Waals surface area contributed by atoms with Gasteiger partial charge in [0.1, 0.15) is 11.5 Å². The minimum atomic E-state index is 0.304. The molecule has 0 bridgehead atoms. The summed E-state index contributed by atoms with van der Waals surface area (Å²) in [5, 5.41) is 3.30. The largest absolute Gasteiger partial charge is 0.393 e. The van der Waals surface area contributed by atoms with E-state index >= 15 is 0 Å². The molecule has 5 heteroatoms. The molecule has 1 rings (SSSR count). The Morgan fingerprint density at radius 3 is 2.75 bits per heavy atom. The van der Waals surface area contributed by atoms with E-state index in [4.69, 9.17) is 17.3 Å². The van der Waals surface area contributed by atoms with Gasteiger partial charge in [-0.25, -0.2) is 9.97 Å². The van der Waals surface area contributed by atoms with E-state index in [9.17, 15) is 0 Å². The van der Waals surface area contributed by atoms with Crippen molar-refractivity contribution in [2.24, 2.45) is 0 Å². The summed E-state index contributed by atoms with van der Waals surface area (Å²) in [5.74, 6) is 1.22. The average molecular weight is 187 g/mol. The zero-order valence-electron chi connectivity index (χ0n) is 7.06. The quantitative estimate of drug-likeness (QED) is 0.687. The lowest BCUT2D eigenvalue weighted by Crippen LogP contribution is -2.06. The third-order valence-corrected chi connectivity index (χ3v) is 1.64. The van der Waals surface area contributed by atoms with Crippen molar-refractivity contribution in [3.63, 3.8) is 0 Å². The number of hydrogen-bond acceptors (Lipinski definition) is 4. The molecule has 1 aromatic rings. The molecule has 0 radical (unpaired) electrons. The third kappa shape index (κ3) is 1.76. The molecule has 0 atom stereocenters. The summed E-state index contributed by atoms with van der Waals surface area (Å²) >= 11 is 5.74. The summed E-state index contributed by atoms with van der Waals surface area (Å²) in [6, 6.07) is 0. The summed E-state index contributed by atoms with van der Waals surface area (Å²) in [4.78, 5) is 8.00. The predicted octanol–water partition coefficient (Wildman–Crippen LogP) is 1.45. The highest BCUT2D eigenvalue weighted by molar-refractivity contribution is 6.32. The SMILES string of the molecule is CCNc1nc(C)nc(Cl)c1N. The number of anilines is 2. The van der Waals surface area contributed by atoms with Crippen molar-refractivity contribution in [2.75, 3.05) is 17.6 Å². The summed E-state index contributed by atoms with van der Waals surface area (Å²) < 4.78 is 0. The Kier molecular flexibility index (Phi) is 2.70. The summed E-state index contributed by atoms with van der Waals surface area (Å²) in [6.45, 7) is 4.49. The van der Waals surface area contributed by atoms with Gasteiger partial charge in [0, 0.05) is 6.54 Å². The van der Waals surface area contributed by atoms with Crippen molar-refractivity contribution in [1.29, 1.82) is 0 Å². The van der Waals surface area contributed by atoms with Gasteiger partial charge in [0.2, 0.25) is 0 Å². The number of rotatable bonds is 2. The highest BCUT2D eigenvalue weighted by Crippen LogP contribution is 2.22. The molecule has 0 aliphatic carbocycles. The molecule has 1 aromatic heterocycles. The van der Waals surface area contributed by atoms with Crippen molar-refractivity contribution in [1.82, 2.24) is 9.97 Å². The fraction of sp³-hybridized carbons (Fsp3) is 0.429. The Balaban J connectivity index is 3.09.